The molecule has 0 aromatic heterocycles. The molecule has 220 valence electrons. The highest BCUT2D eigenvalue weighted by Gasteiger charge is 2.18. The van der Waals surface area contributed by atoms with Crippen LogP contribution < -0.4 is 15.4 Å². The van der Waals surface area contributed by atoms with Crippen LogP contribution in [-0.2, 0) is 16.1 Å². The topological polar surface area (TPSA) is 200 Å². The Balaban J connectivity index is 1.46. The second-order valence-corrected chi connectivity index (χ2v) is 8.97. The molecule has 1 amide bonds. The summed E-state index contributed by atoms with van der Waals surface area (Å²) >= 11 is 0. The average Bonchev–Trinajstić information content (AvgIpc) is 2.99. The van der Waals surface area contributed by atoms with E-state index in [1.807, 2.05) is 0 Å². The number of nitrogens with one attached hydrogen (secondary N) is 2. The molecule has 3 rings (SSSR count). The first kappa shape index (κ1) is 31.2. The number of rotatable bonds is 15. The van der Waals surface area contributed by atoms with Crippen LogP contribution in [0.15, 0.2) is 72.8 Å². The minimum Gasteiger partial charge on any atom is -0.429 e. The maximum absolute atomic E-state index is 12.3. The van der Waals surface area contributed by atoms with Crippen molar-refractivity contribution in [3.05, 3.63) is 104 Å². The van der Waals surface area contributed by atoms with E-state index in [1.165, 1.54) is 36.4 Å². The number of Topliss-reactive ketones (excluding diaryl/α,β-unsaturated/α-hetero) is 1. The number of hydrogen-bond donors (Lipinski definition) is 3. The second-order valence-electron chi connectivity index (χ2n) is 8.97. The number of carbonyl (C=O) groups is 3. The average molecular weight is 581 g/mol. The van der Waals surface area contributed by atoms with Crippen LogP contribution in [0.25, 0.3) is 0 Å². The third-order valence-corrected chi connectivity index (χ3v) is 5.97. The molecule has 0 saturated heterocycles. The Labute approximate surface area is 239 Å². The number of aliphatic hydroxyl groups excluding tert-OH is 1. The number of aliphatic hydroxyl groups is 1. The van der Waals surface area contributed by atoms with E-state index in [-0.39, 0.29) is 48.5 Å². The van der Waals surface area contributed by atoms with Crippen molar-refractivity contribution in [3.8, 4) is 5.75 Å². The highest BCUT2D eigenvalue weighted by Crippen LogP contribution is 2.19. The van der Waals surface area contributed by atoms with Gasteiger partial charge in [0.25, 0.3) is 17.3 Å². The van der Waals surface area contributed by atoms with E-state index in [4.69, 9.17) is 9.47 Å². The number of ketones is 1. The molecule has 0 aliphatic rings. The molecule has 0 fully saturated rings. The number of hydrogen-bond acceptors (Lipinski definition) is 11. The summed E-state index contributed by atoms with van der Waals surface area (Å²) in [4.78, 5) is 56.8. The van der Waals surface area contributed by atoms with E-state index < -0.39 is 27.7 Å². The number of anilines is 1. The first-order valence-electron chi connectivity index (χ1n) is 12.8. The van der Waals surface area contributed by atoms with E-state index in [1.54, 1.807) is 24.3 Å². The molecule has 3 aromatic rings. The molecule has 0 aliphatic heterocycles. The van der Waals surface area contributed by atoms with Gasteiger partial charge in [0, 0.05) is 54.7 Å². The van der Waals surface area contributed by atoms with Crippen LogP contribution in [0.1, 0.15) is 35.2 Å². The van der Waals surface area contributed by atoms with Crippen molar-refractivity contribution < 1.29 is 38.8 Å². The maximum atomic E-state index is 12.3. The minimum atomic E-state index is -0.968. The van der Waals surface area contributed by atoms with Gasteiger partial charge in [-0.15, -0.1) is 0 Å². The summed E-state index contributed by atoms with van der Waals surface area (Å²) in [5, 5.41) is 36.6. The van der Waals surface area contributed by atoms with Gasteiger partial charge in [0.05, 0.1) is 9.85 Å². The van der Waals surface area contributed by atoms with Crippen LogP contribution in [0.5, 0.6) is 5.75 Å². The van der Waals surface area contributed by atoms with Crippen molar-refractivity contribution in [2.75, 3.05) is 18.5 Å². The summed E-state index contributed by atoms with van der Waals surface area (Å²) in [6, 6.07) is 16.6. The SMILES string of the molecule is O=C(OCc1ccc(NC(CCCO)CCNC(=O)C(=O)c2ccc([N+](=O)[O-])cc2)cc1)Oc1ccc([N+](=O)[O-])cc1. The third-order valence-electron chi connectivity index (χ3n) is 5.97. The third kappa shape index (κ3) is 9.67. The summed E-state index contributed by atoms with van der Waals surface area (Å²) < 4.78 is 10.1. The number of nitrogens with zero attached hydrogens (tertiary/aromatic N) is 2. The van der Waals surface area contributed by atoms with E-state index in [2.05, 4.69) is 10.6 Å². The summed E-state index contributed by atoms with van der Waals surface area (Å²) in [7, 11) is 0. The van der Waals surface area contributed by atoms with Crippen LogP contribution in [0.4, 0.5) is 21.9 Å². The number of amides is 1. The summed E-state index contributed by atoms with van der Waals surface area (Å²) in [5.41, 5.74) is 1.13. The molecule has 0 heterocycles. The van der Waals surface area contributed by atoms with Gasteiger partial charge in [-0.25, -0.2) is 4.79 Å². The standard InChI is InChI=1S/C28H28N4O10/c33-17-1-2-21(15-16-29-27(35)26(34)20-5-9-23(10-6-20)31(37)38)30-22-7-3-19(4-8-22)18-41-28(36)42-25-13-11-24(12-14-25)32(39)40/h3-14,21,30,33H,1-2,15-18H2,(H,29,35). The predicted molar refractivity (Wildman–Crippen MR) is 149 cm³/mol. The van der Waals surface area contributed by atoms with Gasteiger partial charge in [-0.2, -0.15) is 0 Å². The zero-order valence-corrected chi connectivity index (χ0v) is 22.3. The summed E-state index contributed by atoms with van der Waals surface area (Å²) in [6.45, 7) is 0.0771. The fraction of sp³-hybridized carbons (Fsp3) is 0.250. The molecule has 0 radical (unpaired) electrons. The number of benzene rings is 3. The fourth-order valence-corrected chi connectivity index (χ4v) is 3.77. The zero-order valence-electron chi connectivity index (χ0n) is 22.3. The van der Waals surface area contributed by atoms with Gasteiger partial charge in [0.2, 0.25) is 5.78 Å². The molecule has 14 nitrogen and oxygen atoms in total. The fourth-order valence-electron chi connectivity index (χ4n) is 3.77. The molecule has 14 heteroatoms. The minimum absolute atomic E-state index is 0.0184. The first-order chi connectivity index (χ1) is 20.2. The number of carbonyl (C=O) groups excluding carboxylic acids is 3. The lowest BCUT2D eigenvalue weighted by atomic mass is 10.1. The molecular formula is C28H28N4O10. The van der Waals surface area contributed by atoms with Crippen molar-refractivity contribution in [2.45, 2.75) is 31.9 Å². The Bertz CT molecular complexity index is 1390. The van der Waals surface area contributed by atoms with Gasteiger partial charge in [-0.05, 0) is 61.2 Å². The van der Waals surface area contributed by atoms with Gasteiger partial charge >= 0.3 is 6.16 Å². The number of ether oxygens (including phenoxy) is 2. The van der Waals surface area contributed by atoms with Crippen molar-refractivity contribution in [1.29, 1.82) is 0 Å². The Morgan fingerprint density at radius 2 is 1.43 bits per heavy atom. The summed E-state index contributed by atoms with van der Waals surface area (Å²) in [6.07, 6.45) is 0.570. The first-order valence-corrected chi connectivity index (χ1v) is 12.8. The van der Waals surface area contributed by atoms with Crippen molar-refractivity contribution in [2.24, 2.45) is 0 Å². The predicted octanol–water partition coefficient (Wildman–Crippen LogP) is 4.16. The molecular weight excluding hydrogens is 552 g/mol. The normalized spacial score (nSPS) is 11.2. The van der Waals surface area contributed by atoms with Crippen LogP contribution >= 0.6 is 0 Å². The lowest BCUT2D eigenvalue weighted by molar-refractivity contribution is -0.385. The number of nitro benzene ring substituents is 2. The van der Waals surface area contributed by atoms with Gasteiger partial charge in [0.1, 0.15) is 12.4 Å². The van der Waals surface area contributed by atoms with Crippen LogP contribution in [0.2, 0.25) is 0 Å². The highest BCUT2D eigenvalue weighted by molar-refractivity contribution is 6.42. The molecule has 0 bridgehead atoms. The van der Waals surface area contributed by atoms with Crippen molar-refractivity contribution in [1.82, 2.24) is 5.32 Å². The van der Waals surface area contributed by atoms with E-state index in [9.17, 15) is 39.7 Å². The smallest absolute Gasteiger partial charge is 0.429 e. The van der Waals surface area contributed by atoms with Gasteiger partial charge < -0.3 is 25.2 Å². The van der Waals surface area contributed by atoms with Crippen molar-refractivity contribution in [3.63, 3.8) is 0 Å². The monoisotopic (exact) mass is 580 g/mol. The van der Waals surface area contributed by atoms with Gasteiger partial charge in [-0.3, -0.25) is 29.8 Å². The van der Waals surface area contributed by atoms with E-state index in [0.717, 1.165) is 17.8 Å². The van der Waals surface area contributed by atoms with Crippen LogP contribution in [-0.4, -0.2) is 52.0 Å². The molecule has 0 spiro atoms. The quantitative estimate of drug-likeness (QED) is 0.0582. The maximum Gasteiger partial charge on any atom is 0.514 e. The second kappa shape index (κ2) is 15.4. The molecule has 0 saturated carbocycles. The Kier molecular flexibility index (Phi) is 11.4. The van der Waals surface area contributed by atoms with Gasteiger partial charge in [-0.1, -0.05) is 12.1 Å². The molecule has 0 aliphatic carbocycles. The van der Waals surface area contributed by atoms with E-state index >= 15 is 0 Å². The molecule has 1 unspecified atom stereocenters. The van der Waals surface area contributed by atoms with Crippen LogP contribution in [0, 0.1) is 20.2 Å². The lowest BCUT2D eigenvalue weighted by Crippen LogP contribution is -2.34. The molecule has 1 atom stereocenters. The Morgan fingerprint density at radius 1 is 0.833 bits per heavy atom. The molecule has 3 N–H and O–H groups in total. The number of non-ortho nitro benzene ring substituents is 2. The summed E-state index contributed by atoms with van der Waals surface area (Å²) in [5.74, 6) is -1.54. The number of nitro groups is 2. The van der Waals surface area contributed by atoms with Crippen molar-refractivity contribution >= 4 is 34.9 Å². The van der Waals surface area contributed by atoms with Crippen LogP contribution in [0.3, 0.4) is 0 Å². The largest absolute Gasteiger partial charge is 0.514 e. The Hall–Kier alpha value is -5.37. The lowest BCUT2D eigenvalue weighted by Gasteiger charge is -2.20. The zero-order chi connectivity index (χ0) is 30.5. The molecule has 42 heavy (non-hydrogen) atoms. The van der Waals surface area contributed by atoms with Gasteiger partial charge in [0.15, 0.2) is 0 Å². The Morgan fingerprint density at radius 3 is 2.00 bits per heavy atom. The highest BCUT2D eigenvalue weighted by atomic mass is 16.7. The van der Waals surface area contributed by atoms with E-state index in [0.29, 0.717) is 24.8 Å². The molecule has 3 aromatic carbocycles.